The molecular formula is C16H15N5O2S. The number of hydrogen-bond acceptors (Lipinski definition) is 8. The summed E-state index contributed by atoms with van der Waals surface area (Å²) < 4.78 is 5.94. The van der Waals surface area contributed by atoms with Crippen LogP contribution in [0.4, 0.5) is 5.88 Å². The van der Waals surface area contributed by atoms with E-state index in [-0.39, 0.29) is 0 Å². The summed E-state index contributed by atoms with van der Waals surface area (Å²) in [6.45, 7) is 2.65. The highest BCUT2D eigenvalue weighted by molar-refractivity contribution is 7.18. The average Bonchev–Trinajstić information content (AvgIpc) is 3.20. The largest absolute Gasteiger partial charge is 0.419 e. The zero-order chi connectivity index (χ0) is 16.7. The maximum Gasteiger partial charge on any atom is 0.241 e. The second kappa shape index (κ2) is 5.79. The Morgan fingerprint density at radius 3 is 3.04 bits per heavy atom. The van der Waals surface area contributed by atoms with Crippen molar-refractivity contribution < 1.29 is 4.42 Å². The number of oxazole rings is 1. The number of hydrogen-bond donors (Lipinski definition) is 0. The van der Waals surface area contributed by atoms with Crippen molar-refractivity contribution in [1.29, 1.82) is 0 Å². The second-order valence-electron chi connectivity index (χ2n) is 5.72. The molecule has 0 saturated heterocycles. The molecule has 0 radical (unpaired) electrons. The van der Waals surface area contributed by atoms with Gasteiger partial charge in [0.25, 0.3) is 0 Å². The van der Waals surface area contributed by atoms with Gasteiger partial charge >= 0.3 is 0 Å². The Hall–Kier alpha value is -2.61. The Balaban J connectivity index is 1.78. The molecule has 24 heavy (non-hydrogen) atoms. The summed E-state index contributed by atoms with van der Waals surface area (Å²) in [5.74, 6) is 1.11. The number of nitrogens with zero attached hydrogens (tertiary/aromatic N) is 5. The van der Waals surface area contributed by atoms with E-state index in [1.807, 2.05) is 31.0 Å². The average molecular weight is 341 g/mol. The monoisotopic (exact) mass is 341 g/mol. The zero-order valence-electron chi connectivity index (χ0n) is 13.3. The highest BCUT2D eigenvalue weighted by Gasteiger charge is 2.31. The van der Waals surface area contributed by atoms with Gasteiger partial charge in [0.2, 0.25) is 11.8 Å². The predicted molar refractivity (Wildman–Crippen MR) is 92.0 cm³/mol. The minimum atomic E-state index is -0.445. The van der Waals surface area contributed by atoms with E-state index >= 15 is 0 Å². The van der Waals surface area contributed by atoms with E-state index in [1.165, 1.54) is 11.3 Å². The van der Waals surface area contributed by atoms with Crippen LogP contribution in [0.2, 0.25) is 0 Å². The quantitative estimate of drug-likeness (QED) is 0.673. The molecule has 1 atom stereocenters. The summed E-state index contributed by atoms with van der Waals surface area (Å²) in [6.07, 6.45) is 4.17. The smallest absolute Gasteiger partial charge is 0.241 e. The van der Waals surface area contributed by atoms with Crippen LogP contribution in [0.15, 0.2) is 34.1 Å². The first-order valence-corrected chi connectivity index (χ1v) is 8.41. The summed E-state index contributed by atoms with van der Waals surface area (Å²) in [5, 5.41) is 4.05. The van der Waals surface area contributed by atoms with Gasteiger partial charge in [0, 0.05) is 31.5 Å². The first-order chi connectivity index (χ1) is 11.7. The minimum Gasteiger partial charge on any atom is -0.419 e. The van der Waals surface area contributed by atoms with Crippen LogP contribution in [0, 0.1) is 11.8 Å². The van der Waals surface area contributed by atoms with Gasteiger partial charge in [-0.1, -0.05) is 5.18 Å². The minimum absolute atomic E-state index is 0.445. The third-order valence-corrected chi connectivity index (χ3v) is 5.26. The van der Waals surface area contributed by atoms with Crippen molar-refractivity contribution in [3.05, 3.63) is 40.8 Å². The molecule has 0 bridgehead atoms. The highest BCUT2D eigenvalue weighted by atomic mass is 32.1. The van der Waals surface area contributed by atoms with Crippen molar-refractivity contribution in [3.63, 3.8) is 0 Å². The van der Waals surface area contributed by atoms with Gasteiger partial charge in [0.05, 0.1) is 5.69 Å². The maximum atomic E-state index is 11.1. The Labute approximate surface area is 142 Å². The van der Waals surface area contributed by atoms with Crippen LogP contribution in [0.1, 0.15) is 23.9 Å². The third-order valence-electron chi connectivity index (χ3n) is 4.06. The number of aromatic nitrogens is 3. The van der Waals surface area contributed by atoms with Crippen molar-refractivity contribution in [1.82, 2.24) is 15.0 Å². The van der Waals surface area contributed by atoms with Crippen LogP contribution < -0.4 is 4.90 Å². The van der Waals surface area contributed by atoms with Crippen LogP contribution in [-0.2, 0) is 0 Å². The van der Waals surface area contributed by atoms with Crippen LogP contribution in [0.5, 0.6) is 0 Å². The fourth-order valence-electron chi connectivity index (χ4n) is 2.78. The van der Waals surface area contributed by atoms with Crippen molar-refractivity contribution in [2.45, 2.75) is 19.4 Å². The van der Waals surface area contributed by atoms with E-state index in [9.17, 15) is 4.91 Å². The normalized spacial score (nSPS) is 16.9. The zero-order valence-corrected chi connectivity index (χ0v) is 14.1. The van der Waals surface area contributed by atoms with Crippen LogP contribution >= 0.6 is 11.3 Å². The SMILES string of the molecule is Cc1nc(-c2cccnc2)sc1-c1nc2c(o1)N(C)CCC2N=O. The fourth-order valence-corrected chi connectivity index (χ4v) is 3.76. The molecule has 3 aromatic heterocycles. The molecule has 122 valence electrons. The summed E-state index contributed by atoms with van der Waals surface area (Å²) in [6, 6.07) is 3.40. The van der Waals surface area contributed by atoms with E-state index in [0.29, 0.717) is 23.9 Å². The van der Waals surface area contributed by atoms with Crippen LogP contribution in [0.3, 0.4) is 0 Å². The number of rotatable bonds is 3. The van der Waals surface area contributed by atoms with Gasteiger partial charge in [-0.2, -0.15) is 4.91 Å². The van der Waals surface area contributed by atoms with E-state index in [0.717, 1.165) is 27.7 Å². The predicted octanol–water partition coefficient (Wildman–Crippen LogP) is 3.82. The van der Waals surface area contributed by atoms with Gasteiger partial charge < -0.3 is 9.32 Å². The molecule has 1 unspecified atom stereocenters. The maximum absolute atomic E-state index is 11.1. The first kappa shape index (κ1) is 14.9. The lowest BCUT2D eigenvalue weighted by Crippen LogP contribution is -2.25. The molecule has 0 N–H and O–H groups in total. The molecule has 0 saturated carbocycles. The molecule has 0 aliphatic carbocycles. The van der Waals surface area contributed by atoms with Crippen LogP contribution in [-0.4, -0.2) is 28.5 Å². The lowest BCUT2D eigenvalue weighted by Gasteiger charge is -2.23. The van der Waals surface area contributed by atoms with Crippen molar-refractivity contribution in [3.8, 4) is 21.3 Å². The molecule has 4 heterocycles. The Kier molecular flexibility index (Phi) is 3.61. The van der Waals surface area contributed by atoms with E-state index < -0.39 is 6.04 Å². The Bertz CT molecular complexity index is 889. The summed E-state index contributed by atoms with van der Waals surface area (Å²) in [7, 11) is 1.93. The van der Waals surface area contributed by atoms with E-state index in [4.69, 9.17) is 4.42 Å². The number of thiazole rings is 1. The molecule has 0 aromatic carbocycles. The van der Waals surface area contributed by atoms with Gasteiger partial charge in [-0.3, -0.25) is 4.98 Å². The highest BCUT2D eigenvalue weighted by Crippen LogP contribution is 2.41. The lowest BCUT2D eigenvalue weighted by molar-refractivity contribution is 0.521. The third kappa shape index (κ3) is 2.39. The van der Waals surface area contributed by atoms with Crippen molar-refractivity contribution in [2.75, 3.05) is 18.5 Å². The first-order valence-electron chi connectivity index (χ1n) is 7.60. The van der Waals surface area contributed by atoms with E-state index in [2.05, 4.69) is 20.1 Å². The Morgan fingerprint density at radius 2 is 2.29 bits per heavy atom. The number of anilines is 1. The molecule has 7 nitrogen and oxygen atoms in total. The van der Waals surface area contributed by atoms with Crippen molar-refractivity contribution in [2.24, 2.45) is 5.18 Å². The lowest BCUT2D eigenvalue weighted by atomic mass is 10.1. The fraction of sp³-hybridized carbons (Fsp3) is 0.312. The van der Waals surface area contributed by atoms with Gasteiger partial charge in [-0.25, -0.2) is 9.97 Å². The number of fused-ring (bicyclic) bond motifs is 1. The number of aryl methyl sites for hydroxylation is 1. The molecule has 0 amide bonds. The molecule has 0 fully saturated rings. The molecule has 8 heteroatoms. The van der Waals surface area contributed by atoms with E-state index in [1.54, 1.807) is 12.4 Å². The van der Waals surface area contributed by atoms with Crippen LogP contribution in [0.25, 0.3) is 21.3 Å². The molecule has 3 aromatic rings. The summed E-state index contributed by atoms with van der Waals surface area (Å²) >= 11 is 1.50. The molecule has 1 aliphatic heterocycles. The summed E-state index contributed by atoms with van der Waals surface area (Å²) in [4.78, 5) is 27.2. The topological polar surface area (TPSA) is 84.5 Å². The van der Waals surface area contributed by atoms with Gasteiger partial charge in [-0.05, 0) is 25.5 Å². The molecule has 4 rings (SSSR count). The van der Waals surface area contributed by atoms with Gasteiger partial charge in [0.1, 0.15) is 21.6 Å². The molecule has 0 spiro atoms. The summed E-state index contributed by atoms with van der Waals surface area (Å²) in [5.41, 5.74) is 2.41. The molecule has 1 aliphatic rings. The molecular weight excluding hydrogens is 326 g/mol. The second-order valence-corrected chi connectivity index (χ2v) is 6.72. The number of pyridine rings is 1. The standard InChI is InChI=1S/C16H15N5O2S/c1-9-13(24-15(18-9)10-4-3-6-17-8-10)14-19-12-11(20-22)5-7-21(2)16(12)23-14/h3-4,6,8,11H,5,7H2,1-2H3. The van der Waals surface area contributed by atoms with Gasteiger partial charge in [0.15, 0.2) is 0 Å². The van der Waals surface area contributed by atoms with Gasteiger partial charge in [-0.15, -0.1) is 11.3 Å². The Morgan fingerprint density at radius 1 is 1.42 bits per heavy atom. The van der Waals surface area contributed by atoms with Crippen molar-refractivity contribution >= 4 is 17.2 Å². The number of nitroso groups, excluding NO2 is 1.